The van der Waals surface area contributed by atoms with E-state index in [2.05, 4.69) is 4.98 Å². The third-order valence-corrected chi connectivity index (χ3v) is 6.01. The van der Waals surface area contributed by atoms with Crippen LogP contribution in [0.15, 0.2) is 4.21 Å². The van der Waals surface area contributed by atoms with Crippen LogP contribution in [-0.4, -0.2) is 30.8 Å². The van der Waals surface area contributed by atoms with Gasteiger partial charge in [-0.05, 0) is 12.8 Å². The van der Waals surface area contributed by atoms with Crippen LogP contribution in [0.4, 0.5) is 0 Å². The van der Waals surface area contributed by atoms with Crippen LogP contribution in [0.2, 0.25) is 4.47 Å². The minimum absolute atomic E-state index is 0.255. The van der Waals surface area contributed by atoms with Crippen LogP contribution in [0.5, 0.6) is 0 Å². The molecule has 0 unspecified atom stereocenters. The van der Waals surface area contributed by atoms with Gasteiger partial charge >= 0.3 is 0 Å². The first-order valence-corrected chi connectivity index (χ1v) is 8.05. The van der Waals surface area contributed by atoms with Gasteiger partial charge in [0.05, 0.1) is 5.69 Å². The van der Waals surface area contributed by atoms with Gasteiger partial charge in [0, 0.05) is 13.1 Å². The van der Waals surface area contributed by atoms with Crippen LogP contribution in [0.25, 0.3) is 0 Å². The van der Waals surface area contributed by atoms with Gasteiger partial charge in [0.1, 0.15) is 0 Å². The maximum atomic E-state index is 12.4. The molecule has 0 aliphatic heterocycles. The van der Waals surface area contributed by atoms with Crippen LogP contribution in [0.3, 0.4) is 0 Å². The number of hydrogen-bond acceptors (Lipinski definition) is 4. The summed E-state index contributed by atoms with van der Waals surface area (Å²) in [5, 5.41) is 0. The highest BCUT2D eigenvalue weighted by atomic mass is 35.5. The quantitative estimate of drug-likeness (QED) is 0.839. The summed E-state index contributed by atoms with van der Waals surface area (Å²) in [6, 6.07) is 0. The lowest BCUT2D eigenvalue weighted by atomic mass is 10.2. The number of aryl methyl sites for hydroxylation is 1. The largest absolute Gasteiger partial charge is 0.254 e. The summed E-state index contributed by atoms with van der Waals surface area (Å²) in [7, 11) is -3.45. The van der Waals surface area contributed by atoms with Gasteiger partial charge in [-0.3, -0.25) is 0 Å². The molecule has 0 saturated carbocycles. The van der Waals surface area contributed by atoms with Gasteiger partial charge in [-0.1, -0.05) is 43.7 Å². The van der Waals surface area contributed by atoms with Crippen LogP contribution in [0, 0.1) is 12.8 Å². The summed E-state index contributed by atoms with van der Waals surface area (Å²) >= 11 is 6.77. The molecule has 0 saturated heterocycles. The molecule has 0 aliphatic rings. The van der Waals surface area contributed by atoms with Crippen molar-refractivity contribution in [3.8, 4) is 0 Å². The van der Waals surface area contributed by atoms with E-state index in [1.807, 2.05) is 20.8 Å². The number of aromatic nitrogens is 1. The van der Waals surface area contributed by atoms with Gasteiger partial charge in [0.25, 0.3) is 10.0 Å². The lowest BCUT2D eigenvalue weighted by Crippen LogP contribution is -2.33. The van der Waals surface area contributed by atoms with Crippen molar-refractivity contribution >= 4 is 33.0 Å². The molecule has 0 radical (unpaired) electrons. The predicted molar refractivity (Wildman–Crippen MR) is 71.1 cm³/mol. The van der Waals surface area contributed by atoms with Gasteiger partial charge in [-0.15, -0.1) is 0 Å². The molecule has 1 heterocycles. The summed E-state index contributed by atoms with van der Waals surface area (Å²) in [5.74, 6) is 0.286. The molecule has 0 bridgehead atoms. The van der Waals surface area contributed by atoms with Crippen molar-refractivity contribution in [3.63, 3.8) is 0 Å². The highest BCUT2D eigenvalue weighted by molar-refractivity contribution is 7.91. The average Bonchev–Trinajstić information content (AvgIpc) is 2.54. The first-order chi connectivity index (χ1) is 7.78. The third kappa shape index (κ3) is 3.40. The van der Waals surface area contributed by atoms with Crippen molar-refractivity contribution < 1.29 is 8.42 Å². The summed E-state index contributed by atoms with van der Waals surface area (Å²) < 4.78 is 26.7. The Morgan fingerprint density at radius 3 is 2.41 bits per heavy atom. The maximum Gasteiger partial charge on any atom is 0.254 e. The standard InChI is InChI=1S/C10H17ClN2O2S2/c1-5-13(6-7(2)3)17(14,15)9-8(4)12-10(11)16-9/h7H,5-6H2,1-4H3. The smallest absolute Gasteiger partial charge is 0.229 e. The molecule has 4 nitrogen and oxygen atoms in total. The highest BCUT2D eigenvalue weighted by Gasteiger charge is 2.28. The van der Waals surface area contributed by atoms with E-state index in [1.54, 1.807) is 6.92 Å². The zero-order chi connectivity index (χ0) is 13.2. The lowest BCUT2D eigenvalue weighted by Gasteiger charge is -2.21. The molecule has 0 N–H and O–H groups in total. The molecule has 1 aromatic rings. The topological polar surface area (TPSA) is 50.3 Å². The Morgan fingerprint density at radius 1 is 1.47 bits per heavy atom. The monoisotopic (exact) mass is 296 g/mol. The number of rotatable bonds is 5. The van der Waals surface area contributed by atoms with Crippen molar-refractivity contribution in [2.75, 3.05) is 13.1 Å². The molecule has 0 aliphatic carbocycles. The minimum atomic E-state index is -3.45. The first-order valence-electron chi connectivity index (χ1n) is 5.42. The Kier molecular flexibility index (Phi) is 4.95. The summed E-state index contributed by atoms with van der Waals surface area (Å²) in [6.07, 6.45) is 0. The zero-order valence-corrected chi connectivity index (χ0v) is 12.8. The summed E-state index contributed by atoms with van der Waals surface area (Å²) in [6.45, 7) is 8.44. The van der Waals surface area contributed by atoms with Crippen LogP contribution < -0.4 is 0 Å². The molecule has 7 heteroatoms. The molecule has 0 aromatic carbocycles. The number of nitrogens with zero attached hydrogens (tertiary/aromatic N) is 2. The lowest BCUT2D eigenvalue weighted by molar-refractivity contribution is 0.381. The molecule has 1 aromatic heterocycles. The summed E-state index contributed by atoms with van der Waals surface area (Å²) in [4.78, 5) is 3.95. The summed E-state index contributed by atoms with van der Waals surface area (Å²) in [5.41, 5.74) is 0.474. The minimum Gasteiger partial charge on any atom is -0.229 e. The molecule has 17 heavy (non-hydrogen) atoms. The van der Waals surface area contributed by atoms with Crippen LogP contribution >= 0.6 is 22.9 Å². The maximum absolute atomic E-state index is 12.4. The number of sulfonamides is 1. The van der Waals surface area contributed by atoms with E-state index in [-0.39, 0.29) is 14.6 Å². The molecule has 0 atom stereocenters. The normalized spacial score (nSPS) is 12.6. The van der Waals surface area contributed by atoms with E-state index >= 15 is 0 Å². The van der Waals surface area contributed by atoms with E-state index < -0.39 is 10.0 Å². The second-order valence-electron chi connectivity index (χ2n) is 4.19. The Balaban J connectivity index is 3.13. The van der Waals surface area contributed by atoms with E-state index in [9.17, 15) is 8.42 Å². The van der Waals surface area contributed by atoms with Crippen molar-refractivity contribution in [2.45, 2.75) is 31.9 Å². The number of thiazole rings is 1. The van der Waals surface area contributed by atoms with E-state index in [0.717, 1.165) is 11.3 Å². The Morgan fingerprint density at radius 2 is 2.06 bits per heavy atom. The van der Waals surface area contributed by atoms with Gasteiger partial charge in [-0.25, -0.2) is 13.4 Å². The fourth-order valence-corrected chi connectivity index (χ4v) is 5.00. The van der Waals surface area contributed by atoms with Crippen molar-refractivity contribution in [2.24, 2.45) is 5.92 Å². The Hall–Kier alpha value is -0.170. The first kappa shape index (κ1) is 14.9. The zero-order valence-electron chi connectivity index (χ0n) is 10.4. The van der Waals surface area contributed by atoms with E-state index in [1.165, 1.54) is 4.31 Å². The van der Waals surface area contributed by atoms with Gasteiger partial charge < -0.3 is 0 Å². The van der Waals surface area contributed by atoms with Crippen molar-refractivity contribution in [3.05, 3.63) is 10.2 Å². The molecule has 0 spiro atoms. The molecule has 1 rings (SSSR count). The predicted octanol–water partition coefficient (Wildman–Crippen LogP) is 2.77. The van der Waals surface area contributed by atoms with Crippen molar-refractivity contribution in [1.29, 1.82) is 0 Å². The Labute approximate surface area is 112 Å². The molecular formula is C10H17ClN2O2S2. The van der Waals surface area contributed by atoms with Crippen LogP contribution in [-0.2, 0) is 10.0 Å². The fraction of sp³-hybridized carbons (Fsp3) is 0.700. The van der Waals surface area contributed by atoms with Crippen molar-refractivity contribution in [1.82, 2.24) is 9.29 Å². The Bertz CT molecular complexity index is 482. The fourth-order valence-electron chi connectivity index (χ4n) is 1.51. The van der Waals surface area contributed by atoms with Crippen LogP contribution in [0.1, 0.15) is 26.5 Å². The highest BCUT2D eigenvalue weighted by Crippen LogP contribution is 2.29. The number of hydrogen-bond donors (Lipinski definition) is 0. The van der Waals surface area contributed by atoms with Gasteiger partial charge in [0.2, 0.25) is 0 Å². The average molecular weight is 297 g/mol. The SMILES string of the molecule is CCN(CC(C)C)S(=O)(=O)c1sc(Cl)nc1C. The second kappa shape index (κ2) is 5.65. The number of halogens is 1. The molecule has 98 valence electrons. The molecule has 0 fully saturated rings. The van der Waals surface area contributed by atoms with E-state index in [0.29, 0.717) is 18.8 Å². The van der Waals surface area contributed by atoms with Gasteiger partial charge in [0.15, 0.2) is 8.68 Å². The third-order valence-electron chi connectivity index (χ3n) is 2.22. The second-order valence-corrected chi connectivity index (χ2v) is 7.90. The van der Waals surface area contributed by atoms with E-state index in [4.69, 9.17) is 11.6 Å². The van der Waals surface area contributed by atoms with Gasteiger partial charge in [-0.2, -0.15) is 4.31 Å². The molecule has 0 amide bonds. The molecular weight excluding hydrogens is 280 g/mol.